The molecule has 1 N–H and O–H groups in total. The zero-order chi connectivity index (χ0) is 17.8. The summed E-state index contributed by atoms with van der Waals surface area (Å²) in [6.07, 6.45) is 1.44. The van der Waals surface area contributed by atoms with Crippen molar-refractivity contribution in [1.29, 1.82) is 0 Å². The monoisotopic (exact) mass is 409 g/mol. The molecule has 1 amide bonds. The summed E-state index contributed by atoms with van der Waals surface area (Å²) in [6.45, 7) is 1.81. The molecule has 4 nitrogen and oxygen atoms in total. The maximum atomic E-state index is 12.2. The quantitative estimate of drug-likeness (QED) is 0.356. The van der Waals surface area contributed by atoms with E-state index >= 15 is 0 Å². The lowest BCUT2D eigenvalue weighted by molar-refractivity contribution is -0.120. The van der Waals surface area contributed by atoms with E-state index in [-0.39, 0.29) is 11.2 Å². The van der Waals surface area contributed by atoms with Crippen molar-refractivity contribution in [3.8, 4) is 0 Å². The number of nitrogens with one attached hydrogen (secondary N) is 1. The van der Waals surface area contributed by atoms with Gasteiger partial charge in [-0.15, -0.1) is 11.3 Å². The lowest BCUT2D eigenvalue weighted by atomic mass is 10.2. The second-order valence-electron chi connectivity index (χ2n) is 5.08. The highest BCUT2D eigenvalue weighted by atomic mass is 35.5. The van der Waals surface area contributed by atoms with Crippen molar-refractivity contribution in [3.63, 3.8) is 0 Å². The number of para-hydroxylation sites is 1. The van der Waals surface area contributed by atoms with Crippen LogP contribution in [0.5, 0.6) is 0 Å². The van der Waals surface area contributed by atoms with E-state index in [0.717, 1.165) is 14.6 Å². The fourth-order valence-electron chi connectivity index (χ4n) is 1.99. The minimum absolute atomic E-state index is 0.219. The van der Waals surface area contributed by atoms with Crippen molar-refractivity contribution in [2.75, 3.05) is 0 Å². The van der Waals surface area contributed by atoms with Gasteiger partial charge in [0.25, 0.3) is 5.91 Å². The summed E-state index contributed by atoms with van der Waals surface area (Å²) in [7, 11) is 0. The molecule has 0 radical (unpaired) electrons. The van der Waals surface area contributed by atoms with Crippen molar-refractivity contribution < 1.29 is 4.79 Å². The Hall–Kier alpha value is -1.60. The molecule has 0 spiro atoms. The zero-order valence-corrected chi connectivity index (χ0v) is 16.2. The van der Waals surface area contributed by atoms with E-state index in [2.05, 4.69) is 15.5 Å². The first-order valence-electron chi connectivity index (χ1n) is 7.34. The zero-order valence-electron chi connectivity index (χ0n) is 13.1. The van der Waals surface area contributed by atoms with Gasteiger partial charge in [0.15, 0.2) is 4.34 Å². The van der Waals surface area contributed by atoms with Gasteiger partial charge in [-0.3, -0.25) is 4.79 Å². The van der Waals surface area contributed by atoms with E-state index in [1.165, 1.54) is 18.0 Å². The SMILES string of the molecule is C[C@@H](Sc1nc2ccccc2s1)C(=O)N/N=C/c1c(Cl)cccc1Cl. The highest BCUT2D eigenvalue weighted by molar-refractivity contribution is 8.02. The number of nitrogens with zero attached hydrogens (tertiary/aromatic N) is 2. The van der Waals surface area contributed by atoms with Gasteiger partial charge in [0.2, 0.25) is 0 Å². The molecular formula is C17H13Cl2N3OS2. The van der Waals surface area contributed by atoms with Crippen LogP contribution < -0.4 is 5.43 Å². The minimum atomic E-state index is -0.334. The minimum Gasteiger partial charge on any atom is -0.272 e. The van der Waals surface area contributed by atoms with Gasteiger partial charge in [-0.05, 0) is 31.2 Å². The van der Waals surface area contributed by atoms with E-state index in [0.29, 0.717) is 15.6 Å². The average Bonchev–Trinajstić information content (AvgIpc) is 2.99. The van der Waals surface area contributed by atoms with Crippen LogP contribution in [0.2, 0.25) is 10.0 Å². The lowest BCUT2D eigenvalue weighted by Crippen LogP contribution is -2.26. The van der Waals surface area contributed by atoms with Gasteiger partial charge < -0.3 is 0 Å². The fraction of sp³-hybridized carbons (Fsp3) is 0.118. The van der Waals surface area contributed by atoms with Gasteiger partial charge in [0.1, 0.15) is 0 Å². The summed E-state index contributed by atoms with van der Waals surface area (Å²) in [4.78, 5) is 16.7. The Morgan fingerprint density at radius 1 is 1.24 bits per heavy atom. The fourth-order valence-corrected chi connectivity index (χ4v) is 4.69. The van der Waals surface area contributed by atoms with E-state index in [9.17, 15) is 4.79 Å². The Kier molecular flexibility index (Phi) is 5.96. The van der Waals surface area contributed by atoms with Crippen LogP contribution in [0.15, 0.2) is 51.9 Å². The first kappa shape index (κ1) is 18.2. The molecule has 0 saturated heterocycles. The number of hydrogen-bond acceptors (Lipinski definition) is 5. The third kappa shape index (κ3) is 4.52. The summed E-state index contributed by atoms with van der Waals surface area (Å²) >= 11 is 15.1. The number of carbonyl (C=O) groups is 1. The van der Waals surface area contributed by atoms with Gasteiger partial charge in [-0.1, -0.05) is 53.2 Å². The molecule has 0 aliphatic carbocycles. The van der Waals surface area contributed by atoms with Crippen LogP contribution in [-0.2, 0) is 4.79 Å². The molecule has 0 aliphatic heterocycles. The third-order valence-corrected chi connectivity index (χ3v) is 6.18. The Bertz CT molecular complexity index is 889. The maximum absolute atomic E-state index is 12.2. The predicted molar refractivity (Wildman–Crippen MR) is 107 cm³/mol. The van der Waals surface area contributed by atoms with Crippen LogP contribution in [0.25, 0.3) is 10.2 Å². The van der Waals surface area contributed by atoms with Gasteiger partial charge in [0.05, 0.1) is 31.7 Å². The van der Waals surface area contributed by atoms with Gasteiger partial charge in [-0.2, -0.15) is 5.10 Å². The van der Waals surface area contributed by atoms with Crippen LogP contribution >= 0.6 is 46.3 Å². The average molecular weight is 410 g/mol. The first-order chi connectivity index (χ1) is 12.0. The largest absolute Gasteiger partial charge is 0.272 e. The number of hydrogen-bond donors (Lipinski definition) is 1. The summed E-state index contributed by atoms with van der Waals surface area (Å²) in [5.41, 5.74) is 4.01. The molecule has 1 aromatic heterocycles. The molecule has 0 saturated carbocycles. The number of hydrazone groups is 1. The second kappa shape index (κ2) is 8.19. The van der Waals surface area contributed by atoms with Crippen molar-refractivity contribution in [2.24, 2.45) is 5.10 Å². The molecule has 3 rings (SSSR count). The molecule has 0 unspecified atom stereocenters. The van der Waals surface area contributed by atoms with E-state index in [4.69, 9.17) is 23.2 Å². The summed E-state index contributed by atoms with van der Waals surface area (Å²) < 4.78 is 1.95. The molecular weight excluding hydrogens is 397 g/mol. The molecule has 2 aromatic carbocycles. The number of benzene rings is 2. The van der Waals surface area contributed by atoms with Crippen molar-refractivity contribution in [1.82, 2.24) is 10.4 Å². The van der Waals surface area contributed by atoms with Crippen LogP contribution in [-0.4, -0.2) is 22.4 Å². The molecule has 8 heteroatoms. The standard InChI is InChI=1S/C17H13Cl2N3OS2/c1-10(24-17-21-14-7-2-3-8-15(14)25-17)16(23)22-20-9-11-12(18)5-4-6-13(11)19/h2-10H,1H3,(H,22,23)/b20-9+/t10-/m1/s1. The van der Waals surface area contributed by atoms with E-state index in [1.54, 1.807) is 29.5 Å². The Morgan fingerprint density at radius 3 is 2.68 bits per heavy atom. The maximum Gasteiger partial charge on any atom is 0.253 e. The van der Waals surface area contributed by atoms with Gasteiger partial charge in [-0.25, -0.2) is 10.4 Å². The number of thioether (sulfide) groups is 1. The number of halogens is 2. The van der Waals surface area contributed by atoms with Gasteiger partial charge >= 0.3 is 0 Å². The van der Waals surface area contributed by atoms with E-state index in [1.807, 2.05) is 31.2 Å². The molecule has 0 aliphatic rings. The van der Waals surface area contributed by atoms with Crippen LogP contribution in [0.4, 0.5) is 0 Å². The molecule has 0 fully saturated rings. The Morgan fingerprint density at radius 2 is 1.96 bits per heavy atom. The number of carbonyl (C=O) groups excluding carboxylic acids is 1. The highest BCUT2D eigenvalue weighted by Gasteiger charge is 2.16. The normalized spacial score (nSPS) is 12.6. The number of aromatic nitrogens is 1. The number of thiazole rings is 1. The molecule has 3 aromatic rings. The van der Waals surface area contributed by atoms with Crippen LogP contribution in [0.3, 0.4) is 0 Å². The molecule has 1 atom stereocenters. The topological polar surface area (TPSA) is 54.4 Å². The predicted octanol–water partition coefficient (Wildman–Crippen LogP) is 5.23. The first-order valence-corrected chi connectivity index (χ1v) is 9.79. The van der Waals surface area contributed by atoms with Gasteiger partial charge in [0, 0.05) is 5.56 Å². The molecule has 128 valence electrons. The molecule has 0 bridgehead atoms. The Balaban J connectivity index is 1.61. The van der Waals surface area contributed by atoms with Crippen LogP contribution in [0, 0.1) is 0 Å². The third-order valence-electron chi connectivity index (χ3n) is 3.29. The van der Waals surface area contributed by atoms with Crippen molar-refractivity contribution >= 4 is 68.6 Å². The second-order valence-corrected chi connectivity index (χ2v) is 8.51. The molecule has 1 heterocycles. The number of fused-ring (bicyclic) bond motifs is 1. The lowest BCUT2D eigenvalue weighted by Gasteiger charge is -2.07. The summed E-state index contributed by atoms with van der Waals surface area (Å²) in [6, 6.07) is 13.1. The van der Waals surface area contributed by atoms with Crippen molar-refractivity contribution in [2.45, 2.75) is 16.5 Å². The highest BCUT2D eigenvalue weighted by Crippen LogP contribution is 2.31. The summed E-state index contributed by atoms with van der Waals surface area (Å²) in [5, 5.41) is 4.56. The smallest absolute Gasteiger partial charge is 0.253 e. The van der Waals surface area contributed by atoms with E-state index < -0.39 is 0 Å². The summed E-state index contributed by atoms with van der Waals surface area (Å²) in [5.74, 6) is -0.219. The van der Waals surface area contributed by atoms with Crippen molar-refractivity contribution in [3.05, 3.63) is 58.1 Å². The van der Waals surface area contributed by atoms with Crippen LogP contribution in [0.1, 0.15) is 12.5 Å². The number of amides is 1. The Labute approximate surface area is 163 Å². The molecule has 25 heavy (non-hydrogen) atoms. The number of rotatable bonds is 5.